The van der Waals surface area contributed by atoms with Crippen LogP contribution >= 0.6 is 0 Å². The lowest BCUT2D eigenvalue weighted by atomic mass is 9.81. The molecule has 0 heterocycles. The standard InChI is InChI=1S/C12H18O/c1-2-3-4-9-5-6-10-7-8-11(9)12(10)13/h5-6,9-11H,2-4,7-8H2,1H3/t9-,10-,11-/m1/s1. The van der Waals surface area contributed by atoms with Gasteiger partial charge in [0.2, 0.25) is 0 Å². The predicted octanol–water partition coefficient (Wildman–Crippen LogP) is 2.96. The van der Waals surface area contributed by atoms with Crippen molar-refractivity contribution in [1.29, 1.82) is 0 Å². The fourth-order valence-corrected chi connectivity index (χ4v) is 2.68. The number of carbonyl (C=O) groups excluding carboxylic acids is 1. The molecule has 0 amide bonds. The van der Waals surface area contributed by atoms with Crippen LogP contribution in [0.4, 0.5) is 0 Å². The molecule has 0 aliphatic heterocycles. The molecule has 2 rings (SSSR count). The number of allylic oxidation sites excluding steroid dienone is 2. The van der Waals surface area contributed by atoms with Crippen LogP contribution in [-0.4, -0.2) is 5.78 Å². The SMILES string of the molecule is CCCC[C@@H]1C=C[C@@H]2CC[C@H]1C2=O. The van der Waals surface area contributed by atoms with Crippen molar-refractivity contribution in [2.24, 2.45) is 17.8 Å². The maximum atomic E-state index is 11.7. The van der Waals surface area contributed by atoms with E-state index in [0.29, 0.717) is 23.5 Å². The summed E-state index contributed by atoms with van der Waals surface area (Å²) in [5, 5.41) is 0. The van der Waals surface area contributed by atoms with E-state index in [0.717, 1.165) is 12.8 Å². The van der Waals surface area contributed by atoms with Crippen LogP contribution in [0.3, 0.4) is 0 Å². The summed E-state index contributed by atoms with van der Waals surface area (Å²) in [5.74, 6) is 1.79. The molecule has 3 atom stereocenters. The summed E-state index contributed by atoms with van der Waals surface area (Å²) in [5.41, 5.74) is 0. The largest absolute Gasteiger partial charge is 0.299 e. The van der Waals surface area contributed by atoms with Crippen LogP contribution in [0.1, 0.15) is 39.0 Å². The van der Waals surface area contributed by atoms with Crippen molar-refractivity contribution >= 4 is 5.78 Å². The quantitative estimate of drug-likeness (QED) is 0.607. The Labute approximate surface area is 80.2 Å². The number of rotatable bonds is 3. The molecule has 2 bridgehead atoms. The van der Waals surface area contributed by atoms with E-state index < -0.39 is 0 Å². The highest BCUT2D eigenvalue weighted by Crippen LogP contribution is 2.40. The van der Waals surface area contributed by atoms with Crippen LogP contribution < -0.4 is 0 Å². The van der Waals surface area contributed by atoms with Crippen LogP contribution in [-0.2, 0) is 4.79 Å². The molecule has 2 aliphatic rings. The van der Waals surface area contributed by atoms with Crippen LogP contribution in [0.25, 0.3) is 0 Å². The van der Waals surface area contributed by atoms with Gasteiger partial charge in [0.1, 0.15) is 5.78 Å². The number of unbranched alkanes of at least 4 members (excludes halogenated alkanes) is 1. The van der Waals surface area contributed by atoms with Gasteiger partial charge in [-0.1, -0.05) is 31.9 Å². The van der Waals surface area contributed by atoms with Crippen molar-refractivity contribution in [2.75, 3.05) is 0 Å². The molecule has 0 N–H and O–H groups in total. The molecular formula is C12H18O. The summed E-state index contributed by atoms with van der Waals surface area (Å²) in [6.07, 6.45) is 10.5. The van der Waals surface area contributed by atoms with Gasteiger partial charge in [0.05, 0.1) is 0 Å². The van der Waals surface area contributed by atoms with Gasteiger partial charge in [-0.15, -0.1) is 0 Å². The highest BCUT2D eigenvalue weighted by atomic mass is 16.1. The zero-order valence-corrected chi connectivity index (χ0v) is 8.33. The summed E-state index contributed by atoms with van der Waals surface area (Å²) >= 11 is 0. The Kier molecular flexibility index (Phi) is 2.52. The minimum atomic E-state index is 0.294. The smallest absolute Gasteiger partial charge is 0.143 e. The van der Waals surface area contributed by atoms with Gasteiger partial charge in [-0.2, -0.15) is 0 Å². The van der Waals surface area contributed by atoms with Gasteiger partial charge < -0.3 is 0 Å². The molecule has 0 unspecified atom stereocenters. The maximum absolute atomic E-state index is 11.7. The fourth-order valence-electron chi connectivity index (χ4n) is 2.68. The fraction of sp³-hybridized carbons (Fsp3) is 0.750. The van der Waals surface area contributed by atoms with E-state index in [-0.39, 0.29) is 0 Å². The van der Waals surface area contributed by atoms with Gasteiger partial charge in [0, 0.05) is 11.8 Å². The number of Topliss-reactive ketones (excluding diaryl/α,β-unsaturated/α-hetero) is 1. The van der Waals surface area contributed by atoms with Crippen molar-refractivity contribution in [1.82, 2.24) is 0 Å². The third kappa shape index (κ3) is 1.56. The molecule has 0 aromatic rings. The second-order valence-electron chi connectivity index (χ2n) is 4.38. The number of carbonyl (C=O) groups is 1. The molecule has 2 aliphatic carbocycles. The van der Waals surface area contributed by atoms with E-state index in [1.54, 1.807) is 0 Å². The minimum absolute atomic E-state index is 0.294. The normalized spacial score (nSPS) is 37.0. The average Bonchev–Trinajstić information content (AvgIpc) is 2.38. The van der Waals surface area contributed by atoms with E-state index in [1.807, 2.05) is 0 Å². The molecule has 0 spiro atoms. The summed E-state index contributed by atoms with van der Waals surface area (Å²) in [6.45, 7) is 2.21. The van der Waals surface area contributed by atoms with Gasteiger partial charge in [0.15, 0.2) is 0 Å². The molecule has 13 heavy (non-hydrogen) atoms. The first kappa shape index (κ1) is 8.98. The number of hydrogen-bond donors (Lipinski definition) is 0. The molecule has 72 valence electrons. The summed E-state index contributed by atoms with van der Waals surface area (Å²) in [6, 6.07) is 0. The van der Waals surface area contributed by atoms with Gasteiger partial charge in [-0.05, 0) is 25.2 Å². The molecule has 0 aromatic carbocycles. The maximum Gasteiger partial charge on any atom is 0.143 e. The highest BCUT2D eigenvalue weighted by Gasteiger charge is 2.39. The van der Waals surface area contributed by atoms with Gasteiger partial charge >= 0.3 is 0 Å². The lowest BCUT2D eigenvalue weighted by Gasteiger charge is -2.22. The second kappa shape index (κ2) is 3.65. The molecule has 1 saturated carbocycles. The Hall–Kier alpha value is -0.590. The average molecular weight is 178 g/mol. The van der Waals surface area contributed by atoms with Gasteiger partial charge in [-0.3, -0.25) is 4.79 Å². The van der Waals surface area contributed by atoms with Gasteiger partial charge in [0.25, 0.3) is 0 Å². The molecule has 0 aromatic heterocycles. The topological polar surface area (TPSA) is 17.1 Å². The minimum Gasteiger partial charge on any atom is -0.299 e. The van der Waals surface area contributed by atoms with Crippen molar-refractivity contribution in [3.05, 3.63) is 12.2 Å². The Balaban J connectivity index is 2.02. The van der Waals surface area contributed by atoms with Crippen LogP contribution in [0.5, 0.6) is 0 Å². The number of ketones is 1. The Morgan fingerprint density at radius 1 is 1.38 bits per heavy atom. The molecule has 1 nitrogen and oxygen atoms in total. The van der Waals surface area contributed by atoms with E-state index in [1.165, 1.54) is 19.3 Å². The van der Waals surface area contributed by atoms with Crippen molar-refractivity contribution in [2.45, 2.75) is 39.0 Å². The van der Waals surface area contributed by atoms with Crippen LogP contribution in [0.15, 0.2) is 12.2 Å². The first-order valence-electron chi connectivity index (χ1n) is 5.55. The first-order valence-corrected chi connectivity index (χ1v) is 5.55. The highest BCUT2D eigenvalue weighted by molar-refractivity contribution is 5.88. The summed E-state index contributed by atoms with van der Waals surface area (Å²) < 4.78 is 0. The predicted molar refractivity (Wildman–Crippen MR) is 53.4 cm³/mol. The van der Waals surface area contributed by atoms with E-state index in [2.05, 4.69) is 19.1 Å². The summed E-state index contributed by atoms with van der Waals surface area (Å²) in [4.78, 5) is 11.7. The van der Waals surface area contributed by atoms with Gasteiger partial charge in [-0.25, -0.2) is 0 Å². The Morgan fingerprint density at radius 2 is 2.23 bits per heavy atom. The van der Waals surface area contributed by atoms with E-state index >= 15 is 0 Å². The second-order valence-corrected chi connectivity index (χ2v) is 4.38. The summed E-state index contributed by atoms with van der Waals surface area (Å²) in [7, 11) is 0. The van der Waals surface area contributed by atoms with Crippen molar-refractivity contribution in [3.8, 4) is 0 Å². The van der Waals surface area contributed by atoms with Crippen LogP contribution in [0.2, 0.25) is 0 Å². The number of hydrogen-bond acceptors (Lipinski definition) is 1. The Morgan fingerprint density at radius 3 is 3.00 bits per heavy atom. The molecule has 0 saturated heterocycles. The molecule has 0 radical (unpaired) electrons. The zero-order valence-electron chi connectivity index (χ0n) is 8.33. The molecule has 1 heteroatoms. The van der Waals surface area contributed by atoms with E-state index in [4.69, 9.17) is 0 Å². The molecule has 1 fully saturated rings. The third-order valence-corrected chi connectivity index (χ3v) is 3.52. The first-order chi connectivity index (χ1) is 6.33. The molecular weight excluding hydrogens is 160 g/mol. The van der Waals surface area contributed by atoms with Crippen molar-refractivity contribution < 1.29 is 4.79 Å². The lowest BCUT2D eigenvalue weighted by Crippen LogP contribution is -2.24. The Bertz CT molecular complexity index is 229. The number of fused-ring (bicyclic) bond motifs is 2. The zero-order chi connectivity index (χ0) is 9.26. The van der Waals surface area contributed by atoms with Crippen molar-refractivity contribution in [3.63, 3.8) is 0 Å². The third-order valence-electron chi connectivity index (χ3n) is 3.52. The lowest BCUT2D eigenvalue weighted by molar-refractivity contribution is -0.124. The van der Waals surface area contributed by atoms with Crippen LogP contribution in [0, 0.1) is 17.8 Å². The van der Waals surface area contributed by atoms with E-state index in [9.17, 15) is 4.79 Å². The monoisotopic (exact) mass is 178 g/mol.